The van der Waals surface area contributed by atoms with E-state index in [0.717, 1.165) is 19.4 Å². The van der Waals surface area contributed by atoms with E-state index in [1.54, 1.807) is 0 Å². The molecule has 0 aromatic carbocycles. The highest BCUT2D eigenvalue weighted by atomic mass is 16.6. The minimum absolute atomic E-state index is 0.0769. The second kappa shape index (κ2) is 3.46. The van der Waals surface area contributed by atoms with Gasteiger partial charge >= 0.3 is 0 Å². The highest BCUT2D eigenvalue weighted by Crippen LogP contribution is 2.33. The smallest absolute Gasteiger partial charge is 0.223 e. The van der Waals surface area contributed by atoms with E-state index in [1.807, 2.05) is 0 Å². The third-order valence-electron chi connectivity index (χ3n) is 3.58. The first-order valence-electron chi connectivity index (χ1n) is 5.79. The normalized spacial score (nSPS) is 44.1. The molecule has 0 aromatic rings. The van der Waals surface area contributed by atoms with Crippen LogP contribution < -0.4 is 5.32 Å². The van der Waals surface area contributed by atoms with Gasteiger partial charge in [0.05, 0.1) is 25.4 Å². The lowest BCUT2D eigenvalue weighted by Crippen LogP contribution is -2.44. The van der Waals surface area contributed by atoms with Crippen molar-refractivity contribution >= 4 is 5.91 Å². The van der Waals surface area contributed by atoms with Gasteiger partial charge in [0.25, 0.3) is 0 Å². The third kappa shape index (κ3) is 1.66. The molecule has 3 fully saturated rings. The molecule has 2 aliphatic heterocycles. The van der Waals surface area contributed by atoms with E-state index in [4.69, 9.17) is 9.47 Å². The van der Waals surface area contributed by atoms with Crippen LogP contribution in [0.1, 0.15) is 19.8 Å². The predicted molar refractivity (Wildman–Crippen MR) is 53.3 cm³/mol. The Morgan fingerprint density at radius 3 is 2.67 bits per heavy atom. The van der Waals surface area contributed by atoms with Crippen LogP contribution in [0, 0.1) is 11.8 Å². The average molecular weight is 211 g/mol. The SMILES string of the molecule is CC1COC2C(NC(=O)C3CC3)COC12. The summed E-state index contributed by atoms with van der Waals surface area (Å²) in [6.07, 6.45) is 2.37. The topological polar surface area (TPSA) is 47.6 Å². The molecule has 4 heteroatoms. The molecule has 84 valence electrons. The number of amides is 1. The van der Waals surface area contributed by atoms with Crippen LogP contribution in [0.3, 0.4) is 0 Å². The molecule has 0 radical (unpaired) electrons. The van der Waals surface area contributed by atoms with Gasteiger partial charge in [-0.1, -0.05) is 6.92 Å². The maximum atomic E-state index is 11.6. The standard InChI is InChI=1S/C11H17NO3/c1-6-4-14-10-8(5-15-9(6)10)12-11(13)7-2-3-7/h6-10H,2-5H2,1H3,(H,12,13). The molecule has 4 nitrogen and oxygen atoms in total. The van der Waals surface area contributed by atoms with Gasteiger partial charge in [-0.15, -0.1) is 0 Å². The molecule has 1 amide bonds. The first-order chi connectivity index (χ1) is 7.25. The van der Waals surface area contributed by atoms with Crippen molar-refractivity contribution in [2.24, 2.45) is 11.8 Å². The summed E-state index contributed by atoms with van der Waals surface area (Å²) in [5, 5.41) is 3.04. The molecule has 0 spiro atoms. The lowest BCUT2D eigenvalue weighted by Gasteiger charge is -2.17. The Morgan fingerprint density at radius 1 is 1.20 bits per heavy atom. The molecule has 0 bridgehead atoms. The molecule has 4 unspecified atom stereocenters. The zero-order valence-electron chi connectivity index (χ0n) is 8.94. The highest BCUT2D eigenvalue weighted by molar-refractivity contribution is 5.81. The summed E-state index contributed by atoms with van der Waals surface area (Å²) in [7, 11) is 0. The van der Waals surface area contributed by atoms with Crippen LogP contribution in [0.4, 0.5) is 0 Å². The van der Waals surface area contributed by atoms with Crippen LogP contribution in [-0.2, 0) is 14.3 Å². The van der Waals surface area contributed by atoms with Crippen molar-refractivity contribution in [3.8, 4) is 0 Å². The maximum Gasteiger partial charge on any atom is 0.223 e. The van der Waals surface area contributed by atoms with E-state index in [1.165, 1.54) is 0 Å². The van der Waals surface area contributed by atoms with Gasteiger partial charge in [0.15, 0.2) is 0 Å². The number of hydrogen-bond donors (Lipinski definition) is 1. The van der Waals surface area contributed by atoms with Crippen LogP contribution in [0.2, 0.25) is 0 Å². The first kappa shape index (κ1) is 9.60. The quantitative estimate of drug-likeness (QED) is 0.715. The molecule has 1 N–H and O–H groups in total. The van der Waals surface area contributed by atoms with Gasteiger partial charge in [0.2, 0.25) is 5.91 Å². The van der Waals surface area contributed by atoms with Gasteiger partial charge in [-0.05, 0) is 12.8 Å². The van der Waals surface area contributed by atoms with Crippen molar-refractivity contribution in [3.05, 3.63) is 0 Å². The molecule has 3 aliphatic rings. The monoisotopic (exact) mass is 211 g/mol. The summed E-state index contributed by atoms with van der Waals surface area (Å²) in [6.45, 7) is 3.50. The third-order valence-corrected chi connectivity index (χ3v) is 3.58. The lowest BCUT2D eigenvalue weighted by atomic mass is 10.0. The number of carbonyl (C=O) groups is 1. The Bertz CT molecular complexity index is 277. The van der Waals surface area contributed by atoms with Gasteiger partial charge in [-0.25, -0.2) is 0 Å². The van der Waals surface area contributed by atoms with Crippen molar-refractivity contribution < 1.29 is 14.3 Å². The van der Waals surface area contributed by atoms with Crippen molar-refractivity contribution in [1.82, 2.24) is 5.32 Å². The fourth-order valence-electron chi connectivity index (χ4n) is 2.46. The van der Waals surface area contributed by atoms with Crippen molar-refractivity contribution in [3.63, 3.8) is 0 Å². The zero-order valence-corrected chi connectivity index (χ0v) is 8.94. The maximum absolute atomic E-state index is 11.6. The lowest BCUT2D eigenvalue weighted by molar-refractivity contribution is -0.123. The van der Waals surface area contributed by atoms with Crippen molar-refractivity contribution in [1.29, 1.82) is 0 Å². The molecular weight excluding hydrogens is 194 g/mol. The minimum atomic E-state index is 0.0769. The van der Waals surface area contributed by atoms with E-state index < -0.39 is 0 Å². The number of hydrogen-bond acceptors (Lipinski definition) is 3. The molecular formula is C11H17NO3. The summed E-state index contributed by atoms with van der Waals surface area (Å²) in [5.41, 5.74) is 0. The molecule has 2 saturated heterocycles. The average Bonchev–Trinajstić information content (AvgIpc) is 2.90. The Balaban J connectivity index is 1.60. The fraction of sp³-hybridized carbons (Fsp3) is 0.909. The molecule has 15 heavy (non-hydrogen) atoms. The van der Waals surface area contributed by atoms with Crippen LogP contribution in [0.15, 0.2) is 0 Å². The molecule has 4 atom stereocenters. The minimum Gasteiger partial charge on any atom is -0.373 e. The summed E-state index contributed by atoms with van der Waals surface area (Å²) in [5.74, 6) is 0.910. The van der Waals surface area contributed by atoms with Crippen molar-refractivity contribution in [2.45, 2.75) is 38.0 Å². The Morgan fingerprint density at radius 2 is 1.93 bits per heavy atom. The molecule has 1 saturated carbocycles. The summed E-state index contributed by atoms with van der Waals surface area (Å²) in [4.78, 5) is 11.6. The second-order valence-corrected chi connectivity index (χ2v) is 4.96. The van der Waals surface area contributed by atoms with E-state index in [0.29, 0.717) is 12.5 Å². The number of nitrogens with one attached hydrogen (secondary N) is 1. The highest BCUT2D eigenvalue weighted by Gasteiger charge is 2.47. The van der Waals surface area contributed by atoms with Crippen molar-refractivity contribution in [2.75, 3.05) is 13.2 Å². The number of fused-ring (bicyclic) bond motifs is 1. The molecule has 3 rings (SSSR count). The van der Waals surface area contributed by atoms with Gasteiger partial charge in [-0.3, -0.25) is 4.79 Å². The van der Waals surface area contributed by atoms with Crippen LogP contribution in [0.25, 0.3) is 0 Å². The zero-order chi connectivity index (χ0) is 10.4. The summed E-state index contributed by atoms with van der Waals surface area (Å²) >= 11 is 0. The first-order valence-corrected chi connectivity index (χ1v) is 5.79. The van der Waals surface area contributed by atoms with Gasteiger partial charge in [0.1, 0.15) is 6.10 Å². The van der Waals surface area contributed by atoms with Crippen LogP contribution in [-0.4, -0.2) is 37.4 Å². The number of ether oxygens (including phenoxy) is 2. The van der Waals surface area contributed by atoms with E-state index in [9.17, 15) is 4.79 Å². The Kier molecular flexibility index (Phi) is 2.21. The van der Waals surface area contributed by atoms with Crippen LogP contribution >= 0.6 is 0 Å². The Labute approximate surface area is 89.3 Å². The predicted octanol–water partition coefficient (Wildman–Crippen LogP) is 0.315. The van der Waals surface area contributed by atoms with E-state index in [2.05, 4.69) is 12.2 Å². The number of rotatable bonds is 2. The van der Waals surface area contributed by atoms with E-state index in [-0.39, 0.29) is 30.1 Å². The number of carbonyl (C=O) groups excluding carboxylic acids is 1. The summed E-state index contributed by atoms with van der Waals surface area (Å²) < 4.78 is 11.3. The van der Waals surface area contributed by atoms with Gasteiger partial charge in [-0.2, -0.15) is 0 Å². The Hall–Kier alpha value is -0.610. The second-order valence-electron chi connectivity index (χ2n) is 4.96. The molecule has 1 aliphatic carbocycles. The molecule has 0 aromatic heterocycles. The largest absolute Gasteiger partial charge is 0.373 e. The van der Waals surface area contributed by atoms with Gasteiger partial charge in [0, 0.05) is 11.8 Å². The van der Waals surface area contributed by atoms with Crippen LogP contribution in [0.5, 0.6) is 0 Å². The molecule has 2 heterocycles. The summed E-state index contributed by atoms with van der Waals surface area (Å²) in [6, 6.07) is 0.0769. The van der Waals surface area contributed by atoms with E-state index >= 15 is 0 Å². The van der Waals surface area contributed by atoms with Gasteiger partial charge < -0.3 is 14.8 Å². The fourth-order valence-corrected chi connectivity index (χ4v) is 2.46.